The zero-order chi connectivity index (χ0) is 7.14. The Morgan fingerprint density at radius 2 is 2.60 bits per heavy atom. The minimum Gasteiger partial charge on any atom is -0.317 e. The molecule has 2 heterocycles. The Morgan fingerprint density at radius 1 is 1.80 bits per heavy atom. The highest BCUT2D eigenvalue weighted by molar-refractivity contribution is 8.00. The molecule has 1 amide bonds. The van der Waals surface area contributed by atoms with Crippen LogP contribution in [0, 0.1) is 0 Å². The van der Waals surface area contributed by atoms with E-state index >= 15 is 0 Å². The summed E-state index contributed by atoms with van der Waals surface area (Å²) in [6, 6.07) is -0.255. The summed E-state index contributed by atoms with van der Waals surface area (Å²) in [4.78, 5) is 12.6. The van der Waals surface area contributed by atoms with Gasteiger partial charge in [0.25, 0.3) is 0 Å². The van der Waals surface area contributed by atoms with E-state index in [4.69, 9.17) is 5.73 Å². The Hall–Kier alpha value is -0.480. The standard InChI is InChI=1S/C6H8N2OS/c7-4-5(9)8-2-1-3-10-6(4)8/h1-2,4,6H,3,7H2/t4?,6-/m1/s1. The predicted molar refractivity (Wildman–Crippen MR) is 40.2 cm³/mol. The summed E-state index contributed by atoms with van der Waals surface area (Å²) in [6.45, 7) is 0. The van der Waals surface area contributed by atoms with Crippen LogP contribution in [0.1, 0.15) is 0 Å². The lowest BCUT2D eigenvalue weighted by atomic mass is 10.1. The molecule has 0 aromatic carbocycles. The van der Waals surface area contributed by atoms with E-state index in [2.05, 4.69) is 0 Å². The average molecular weight is 156 g/mol. The van der Waals surface area contributed by atoms with Crippen molar-refractivity contribution in [2.75, 3.05) is 5.75 Å². The third kappa shape index (κ3) is 0.630. The third-order valence-electron chi connectivity index (χ3n) is 1.75. The van der Waals surface area contributed by atoms with E-state index in [9.17, 15) is 4.79 Å². The average Bonchev–Trinajstić information content (AvgIpc) is 2.03. The van der Waals surface area contributed by atoms with Crippen LogP contribution in [0.2, 0.25) is 0 Å². The molecule has 2 atom stereocenters. The molecule has 0 radical (unpaired) electrons. The molecule has 54 valence electrons. The largest absolute Gasteiger partial charge is 0.317 e. The summed E-state index contributed by atoms with van der Waals surface area (Å²) >= 11 is 1.72. The van der Waals surface area contributed by atoms with Crippen LogP contribution in [-0.4, -0.2) is 28.0 Å². The van der Waals surface area contributed by atoms with Crippen LogP contribution in [0.5, 0.6) is 0 Å². The summed E-state index contributed by atoms with van der Waals surface area (Å²) in [5.41, 5.74) is 5.53. The number of hydrogen-bond acceptors (Lipinski definition) is 3. The highest BCUT2D eigenvalue weighted by Crippen LogP contribution is 2.31. The lowest BCUT2D eigenvalue weighted by Crippen LogP contribution is -2.65. The SMILES string of the molecule is NC1C(=O)N2C=CCS[C@H]12. The Morgan fingerprint density at radius 3 is 3.30 bits per heavy atom. The molecule has 4 heteroatoms. The van der Waals surface area contributed by atoms with Crippen molar-refractivity contribution in [3.63, 3.8) is 0 Å². The molecule has 0 aromatic heterocycles. The van der Waals surface area contributed by atoms with Crippen LogP contribution in [0.25, 0.3) is 0 Å². The number of hydrogen-bond donors (Lipinski definition) is 1. The molecule has 0 bridgehead atoms. The van der Waals surface area contributed by atoms with Crippen LogP contribution in [0.4, 0.5) is 0 Å². The molecule has 10 heavy (non-hydrogen) atoms. The lowest BCUT2D eigenvalue weighted by molar-refractivity contribution is -0.140. The van der Waals surface area contributed by atoms with E-state index in [0.717, 1.165) is 5.75 Å². The number of nitrogens with zero attached hydrogens (tertiary/aromatic N) is 1. The Labute approximate surface area is 63.2 Å². The minimum absolute atomic E-state index is 0.0495. The number of amides is 1. The first-order valence-corrected chi connectivity index (χ1v) is 4.21. The molecule has 0 aromatic rings. The second-order valence-corrected chi connectivity index (χ2v) is 3.53. The zero-order valence-corrected chi connectivity index (χ0v) is 6.17. The van der Waals surface area contributed by atoms with Crippen LogP contribution < -0.4 is 5.73 Å². The number of rotatable bonds is 0. The van der Waals surface area contributed by atoms with Gasteiger partial charge >= 0.3 is 0 Å². The highest BCUT2D eigenvalue weighted by Gasteiger charge is 2.44. The van der Waals surface area contributed by atoms with Gasteiger partial charge in [0.1, 0.15) is 11.4 Å². The fraction of sp³-hybridized carbons (Fsp3) is 0.500. The van der Waals surface area contributed by atoms with Gasteiger partial charge in [-0.1, -0.05) is 6.08 Å². The van der Waals surface area contributed by atoms with Crippen LogP contribution >= 0.6 is 11.8 Å². The van der Waals surface area contributed by atoms with Gasteiger partial charge in [0.2, 0.25) is 5.91 Å². The molecule has 2 rings (SSSR count). The lowest BCUT2D eigenvalue weighted by Gasteiger charge is -2.44. The first-order chi connectivity index (χ1) is 4.80. The van der Waals surface area contributed by atoms with Gasteiger partial charge in [0.15, 0.2) is 0 Å². The molecule has 1 fully saturated rings. The monoisotopic (exact) mass is 156 g/mol. The smallest absolute Gasteiger partial charge is 0.247 e. The predicted octanol–water partition coefficient (Wildman–Crippen LogP) is -0.258. The van der Waals surface area contributed by atoms with E-state index < -0.39 is 0 Å². The van der Waals surface area contributed by atoms with Crippen LogP contribution in [0.15, 0.2) is 12.3 Å². The molecular weight excluding hydrogens is 148 g/mol. The molecule has 2 aliphatic rings. The quantitative estimate of drug-likeness (QED) is 0.492. The van der Waals surface area contributed by atoms with E-state index in [1.54, 1.807) is 16.7 Å². The Kier molecular flexibility index (Phi) is 1.25. The molecule has 1 saturated heterocycles. The van der Waals surface area contributed by atoms with Gasteiger partial charge in [-0.05, 0) is 0 Å². The van der Waals surface area contributed by atoms with Crippen LogP contribution in [0.3, 0.4) is 0 Å². The van der Waals surface area contributed by atoms with E-state index in [0.29, 0.717) is 0 Å². The van der Waals surface area contributed by atoms with E-state index in [1.807, 2.05) is 12.3 Å². The first-order valence-electron chi connectivity index (χ1n) is 3.17. The van der Waals surface area contributed by atoms with Crippen molar-refractivity contribution in [1.82, 2.24) is 4.90 Å². The second kappa shape index (κ2) is 2.00. The van der Waals surface area contributed by atoms with Gasteiger partial charge in [-0.25, -0.2) is 0 Å². The Bertz CT molecular complexity index is 204. The summed E-state index contributed by atoms with van der Waals surface area (Å²) in [6.07, 6.45) is 3.80. The van der Waals surface area contributed by atoms with Gasteiger partial charge in [0, 0.05) is 12.0 Å². The number of fused-ring (bicyclic) bond motifs is 1. The third-order valence-corrected chi connectivity index (χ3v) is 3.00. The number of nitrogens with two attached hydrogens (primary N) is 1. The number of carbonyl (C=O) groups is 1. The van der Waals surface area contributed by atoms with E-state index in [1.165, 1.54) is 0 Å². The molecule has 0 saturated carbocycles. The topological polar surface area (TPSA) is 46.3 Å². The van der Waals surface area contributed by atoms with Crippen LogP contribution in [-0.2, 0) is 4.79 Å². The van der Waals surface area contributed by atoms with Crippen molar-refractivity contribution in [1.29, 1.82) is 0 Å². The molecule has 2 aliphatic heterocycles. The molecule has 0 spiro atoms. The molecule has 1 unspecified atom stereocenters. The van der Waals surface area contributed by atoms with Gasteiger partial charge in [-0.2, -0.15) is 0 Å². The summed E-state index contributed by atoms with van der Waals surface area (Å²) in [5.74, 6) is 1.02. The second-order valence-electron chi connectivity index (χ2n) is 2.38. The van der Waals surface area contributed by atoms with Crippen molar-refractivity contribution in [3.8, 4) is 0 Å². The summed E-state index contributed by atoms with van der Waals surface area (Å²) < 4.78 is 0. The highest BCUT2D eigenvalue weighted by atomic mass is 32.2. The van der Waals surface area contributed by atoms with Crippen molar-refractivity contribution >= 4 is 17.7 Å². The Balaban J connectivity index is 2.18. The molecule has 3 nitrogen and oxygen atoms in total. The number of carbonyl (C=O) groups excluding carboxylic acids is 1. The van der Waals surface area contributed by atoms with E-state index in [-0.39, 0.29) is 17.3 Å². The van der Waals surface area contributed by atoms with Crippen molar-refractivity contribution in [2.45, 2.75) is 11.4 Å². The van der Waals surface area contributed by atoms with Crippen molar-refractivity contribution < 1.29 is 4.79 Å². The maximum Gasteiger partial charge on any atom is 0.247 e. The minimum atomic E-state index is -0.255. The number of β-lactam (4-membered cyclic amide) rings is 1. The van der Waals surface area contributed by atoms with Crippen molar-refractivity contribution in [3.05, 3.63) is 12.3 Å². The number of thioether (sulfide) groups is 1. The summed E-state index contributed by atoms with van der Waals surface area (Å²) in [7, 11) is 0. The maximum atomic E-state index is 10.9. The fourth-order valence-corrected chi connectivity index (χ4v) is 2.22. The van der Waals surface area contributed by atoms with Gasteiger partial charge in [-0.3, -0.25) is 4.79 Å². The zero-order valence-electron chi connectivity index (χ0n) is 5.36. The molecular formula is C6H8N2OS. The van der Waals surface area contributed by atoms with Gasteiger partial charge in [0.05, 0.1) is 0 Å². The van der Waals surface area contributed by atoms with Gasteiger partial charge in [-0.15, -0.1) is 11.8 Å². The maximum absolute atomic E-state index is 10.9. The molecule has 0 aliphatic carbocycles. The normalized spacial score (nSPS) is 37.3. The van der Waals surface area contributed by atoms with Gasteiger partial charge < -0.3 is 10.6 Å². The first kappa shape index (κ1) is 6.24. The fourth-order valence-electron chi connectivity index (χ4n) is 1.16. The molecule has 2 N–H and O–H groups in total. The summed E-state index contributed by atoms with van der Waals surface area (Å²) in [5, 5.41) is 0.220. The van der Waals surface area contributed by atoms with Crippen molar-refractivity contribution in [2.24, 2.45) is 5.73 Å².